The van der Waals surface area contributed by atoms with Crippen molar-refractivity contribution in [1.82, 2.24) is 10.6 Å². The van der Waals surface area contributed by atoms with Crippen molar-refractivity contribution in [2.24, 2.45) is 5.92 Å². The van der Waals surface area contributed by atoms with Gasteiger partial charge in [0, 0.05) is 5.56 Å². The molecule has 0 aliphatic heterocycles. The number of halogens is 2. The zero-order chi connectivity index (χ0) is 13.8. The van der Waals surface area contributed by atoms with E-state index in [1.165, 1.54) is 31.0 Å². The van der Waals surface area contributed by atoms with E-state index in [9.17, 15) is 13.6 Å². The molecule has 1 amide bonds. The molecule has 1 aliphatic rings. The van der Waals surface area contributed by atoms with Gasteiger partial charge in [-0.15, -0.1) is 0 Å². The van der Waals surface area contributed by atoms with E-state index in [0.29, 0.717) is 5.92 Å². The second kappa shape index (κ2) is 6.10. The van der Waals surface area contributed by atoms with Crippen molar-refractivity contribution < 1.29 is 13.6 Å². The highest BCUT2D eigenvalue weighted by Crippen LogP contribution is 2.27. The molecular formula is C14H18F2N2O. The van der Waals surface area contributed by atoms with Gasteiger partial charge in [0.2, 0.25) is 5.91 Å². The van der Waals surface area contributed by atoms with Gasteiger partial charge < -0.3 is 10.6 Å². The second-order valence-electron chi connectivity index (χ2n) is 5.00. The van der Waals surface area contributed by atoms with Crippen molar-refractivity contribution in [3.63, 3.8) is 0 Å². The van der Waals surface area contributed by atoms with Gasteiger partial charge in [0.25, 0.3) is 0 Å². The van der Waals surface area contributed by atoms with E-state index in [2.05, 4.69) is 10.6 Å². The average Bonchev–Trinajstić information content (AvgIpc) is 3.12. The van der Waals surface area contributed by atoms with Crippen LogP contribution >= 0.6 is 0 Å². The quantitative estimate of drug-likeness (QED) is 0.830. The maximum Gasteiger partial charge on any atom is 0.234 e. The number of amides is 1. The number of carbonyl (C=O) groups is 1. The maximum absolute atomic E-state index is 13.5. The van der Waals surface area contributed by atoms with Crippen LogP contribution < -0.4 is 10.6 Å². The van der Waals surface area contributed by atoms with E-state index in [4.69, 9.17) is 0 Å². The minimum absolute atomic E-state index is 0.0990. The summed E-state index contributed by atoms with van der Waals surface area (Å²) in [5.74, 6) is -0.845. The van der Waals surface area contributed by atoms with Gasteiger partial charge in [0.15, 0.2) is 0 Å². The Hall–Kier alpha value is -1.49. The summed E-state index contributed by atoms with van der Waals surface area (Å²) in [5, 5.41) is 5.62. The molecule has 19 heavy (non-hydrogen) atoms. The summed E-state index contributed by atoms with van der Waals surface area (Å²) in [6.07, 6.45) is 2.43. The number of rotatable bonds is 6. The first kappa shape index (κ1) is 13.9. The van der Waals surface area contributed by atoms with Crippen LogP contribution in [0.5, 0.6) is 0 Å². The Kier molecular flexibility index (Phi) is 4.47. The van der Waals surface area contributed by atoms with Crippen molar-refractivity contribution in [3.8, 4) is 0 Å². The Labute approximate surface area is 111 Å². The molecular weight excluding hydrogens is 250 g/mol. The van der Waals surface area contributed by atoms with Crippen LogP contribution in [0.1, 0.15) is 31.4 Å². The van der Waals surface area contributed by atoms with Gasteiger partial charge in [-0.2, -0.15) is 0 Å². The van der Waals surface area contributed by atoms with Crippen LogP contribution in [-0.2, 0) is 4.79 Å². The summed E-state index contributed by atoms with van der Waals surface area (Å²) in [7, 11) is 0. The van der Waals surface area contributed by atoms with Gasteiger partial charge in [-0.25, -0.2) is 8.78 Å². The number of hydrogen-bond acceptors (Lipinski definition) is 2. The third-order valence-electron chi connectivity index (χ3n) is 3.23. The lowest BCUT2D eigenvalue weighted by atomic mass is 10.1. The van der Waals surface area contributed by atoms with Crippen molar-refractivity contribution in [1.29, 1.82) is 0 Å². The topological polar surface area (TPSA) is 41.1 Å². The van der Waals surface area contributed by atoms with Crippen LogP contribution in [0.3, 0.4) is 0 Å². The lowest BCUT2D eigenvalue weighted by Gasteiger charge is -2.16. The molecule has 2 rings (SSSR count). The molecule has 3 nitrogen and oxygen atoms in total. The minimum Gasteiger partial charge on any atom is -0.348 e. The van der Waals surface area contributed by atoms with E-state index >= 15 is 0 Å². The SMILES string of the molecule is CC(NC(=O)CNCC1CC1)c1c(F)cccc1F. The number of nitrogens with one attached hydrogen (secondary N) is 2. The summed E-state index contributed by atoms with van der Waals surface area (Å²) >= 11 is 0. The molecule has 1 aromatic carbocycles. The standard InChI is InChI=1S/C14H18F2N2O/c1-9(14-11(15)3-2-4-12(14)16)18-13(19)8-17-7-10-5-6-10/h2-4,9-10,17H,5-8H2,1H3,(H,18,19). The van der Waals surface area contributed by atoms with Crippen LogP contribution in [0.4, 0.5) is 8.78 Å². The molecule has 1 atom stereocenters. The predicted molar refractivity (Wildman–Crippen MR) is 68.5 cm³/mol. The summed E-state index contributed by atoms with van der Waals surface area (Å²) in [6, 6.07) is 3.00. The molecule has 1 saturated carbocycles. The highest BCUT2D eigenvalue weighted by atomic mass is 19.1. The third kappa shape index (κ3) is 3.99. The molecule has 0 bridgehead atoms. The van der Waals surface area contributed by atoms with Crippen LogP contribution in [0.2, 0.25) is 0 Å². The normalized spacial score (nSPS) is 16.2. The first-order valence-corrected chi connectivity index (χ1v) is 6.52. The zero-order valence-corrected chi connectivity index (χ0v) is 10.9. The second-order valence-corrected chi connectivity index (χ2v) is 5.00. The Morgan fingerprint density at radius 1 is 1.37 bits per heavy atom. The Morgan fingerprint density at radius 2 is 2.00 bits per heavy atom. The molecule has 2 N–H and O–H groups in total. The first-order valence-electron chi connectivity index (χ1n) is 6.52. The summed E-state index contributed by atoms with van der Waals surface area (Å²) < 4.78 is 27.0. The van der Waals surface area contributed by atoms with Crippen molar-refractivity contribution >= 4 is 5.91 Å². The largest absolute Gasteiger partial charge is 0.348 e. The average molecular weight is 268 g/mol. The van der Waals surface area contributed by atoms with E-state index in [1.54, 1.807) is 6.92 Å². The predicted octanol–water partition coefficient (Wildman–Crippen LogP) is 2.14. The molecule has 1 aromatic rings. The Balaban J connectivity index is 1.85. The number of hydrogen-bond donors (Lipinski definition) is 2. The fourth-order valence-corrected chi connectivity index (χ4v) is 2.00. The van der Waals surface area contributed by atoms with E-state index in [1.807, 2.05) is 0 Å². The highest BCUT2D eigenvalue weighted by molar-refractivity contribution is 5.78. The van der Waals surface area contributed by atoms with Crippen molar-refractivity contribution in [3.05, 3.63) is 35.4 Å². The van der Waals surface area contributed by atoms with Crippen LogP contribution in [-0.4, -0.2) is 19.0 Å². The van der Waals surface area contributed by atoms with Crippen molar-refractivity contribution in [2.75, 3.05) is 13.1 Å². The monoisotopic (exact) mass is 268 g/mol. The maximum atomic E-state index is 13.5. The molecule has 1 fully saturated rings. The fraction of sp³-hybridized carbons (Fsp3) is 0.500. The highest BCUT2D eigenvalue weighted by Gasteiger charge is 2.21. The van der Waals surface area contributed by atoms with E-state index in [-0.39, 0.29) is 18.0 Å². The molecule has 0 saturated heterocycles. The molecule has 0 spiro atoms. The molecule has 1 unspecified atom stereocenters. The summed E-state index contributed by atoms with van der Waals surface area (Å²) in [4.78, 5) is 11.6. The fourth-order valence-electron chi connectivity index (χ4n) is 2.00. The van der Waals surface area contributed by atoms with Gasteiger partial charge in [-0.3, -0.25) is 4.79 Å². The third-order valence-corrected chi connectivity index (χ3v) is 3.23. The molecule has 5 heteroatoms. The van der Waals surface area contributed by atoms with Crippen molar-refractivity contribution in [2.45, 2.75) is 25.8 Å². The zero-order valence-electron chi connectivity index (χ0n) is 10.9. The number of benzene rings is 1. The number of carbonyl (C=O) groups excluding carboxylic acids is 1. The van der Waals surface area contributed by atoms with E-state index in [0.717, 1.165) is 6.54 Å². The van der Waals surface area contributed by atoms with Crippen LogP contribution in [0, 0.1) is 17.6 Å². The Morgan fingerprint density at radius 3 is 2.58 bits per heavy atom. The molecule has 0 radical (unpaired) electrons. The van der Waals surface area contributed by atoms with Gasteiger partial charge >= 0.3 is 0 Å². The smallest absolute Gasteiger partial charge is 0.234 e. The lowest BCUT2D eigenvalue weighted by molar-refractivity contribution is -0.120. The molecule has 0 heterocycles. The van der Waals surface area contributed by atoms with Crippen LogP contribution in [0.15, 0.2) is 18.2 Å². The van der Waals surface area contributed by atoms with Crippen LogP contribution in [0.25, 0.3) is 0 Å². The minimum atomic E-state index is -0.684. The van der Waals surface area contributed by atoms with Gasteiger partial charge in [-0.1, -0.05) is 6.07 Å². The molecule has 0 aromatic heterocycles. The first-order chi connectivity index (χ1) is 9.08. The summed E-state index contributed by atoms with van der Waals surface area (Å²) in [5.41, 5.74) is -0.0990. The molecule has 104 valence electrons. The Bertz CT molecular complexity index is 441. The van der Waals surface area contributed by atoms with Gasteiger partial charge in [-0.05, 0) is 44.4 Å². The summed E-state index contributed by atoms with van der Waals surface area (Å²) in [6.45, 7) is 2.58. The van der Waals surface area contributed by atoms with Gasteiger partial charge in [0.1, 0.15) is 11.6 Å². The lowest BCUT2D eigenvalue weighted by Crippen LogP contribution is -2.36. The van der Waals surface area contributed by atoms with Gasteiger partial charge in [0.05, 0.1) is 12.6 Å². The molecule has 1 aliphatic carbocycles. The van der Waals surface area contributed by atoms with E-state index < -0.39 is 17.7 Å².